The highest BCUT2D eigenvalue weighted by atomic mass is 16.7. The lowest BCUT2D eigenvalue weighted by atomic mass is 9.98. The minimum atomic E-state index is -1.76. The summed E-state index contributed by atoms with van der Waals surface area (Å²) in [7, 11) is 0. The van der Waals surface area contributed by atoms with Crippen molar-refractivity contribution in [1.29, 1.82) is 0 Å². The lowest BCUT2D eigenvalue weighted by molar-refractivity contribution is -0.332. The number of rotatable bonds is 39. The van der Waals surface area contributed by atoms with Crippen molar-refractivity contribution in [2.24, 2.45) is 0 Å². The monoisotopic (exact) mass is 907 g/mol. The van der Waals surface area contributed by atoms with Crippen molar-refractivity contribution >= 4 is 11.9 Å². The smallest absolute Gasteiger partial charge is 0.306 e. The summed E-state index contributed by atoms with van der Waals surface area (Å²) in [6.45, 7) is 2.59. The zero-order valence-electron chi connectivity index (χ0n) is 39.1. The number of unbranched alkanes of at least 4 members (excludes halogenated alkanes) is 25. The number of hydrogen-bond acceptors (Lipinski definition) is 15. The lowest BCUT2D eigenvalue weighted by Gasteiger charge is -2.42. The van der Waals surface area contributed by atoms with E-state index in [1.54, 1.807) is 0 Å². The van der Waals surface area contributed by atoms with Crippen LogP contribution in [-0.2, 0) is 38.0 Å². The molecule has 0 aliphatic carbocycles. The Balaban J connectivity index is 1.77. The van der Waals surface area contributed by atoms with Gasteiger partial charge in [-0.3, -0.25) is 9.59 Å². The first-order valence-corrected chi connectivity index (χ1v) is 25.1. The van der Waals surface area contributed by atoms with Gasteiger partial charge in [-0.1, -0.05) is 174 Å². The topological polar surface area (TPSA) is 231 Å². The number of carbonyl (C=O) groups excluding carboxylic acids is 2. The van der Waals surface area contributed by atoms with Crippen LogP contribution < -0.4 is 0 Å². The molecule has 2 heterocycles. The van der Waals surface area contributed by atoms with Crippen molar-refractivity contribution in [3.8, 4) is 0 Å². The second kappa shape index (κ2) is 36.6. The van der Waals surface area contributed by atoms with E-state index >= 15 is 0 Å². The van der Waals surface area contributed by atoms with Gasteiger partial charge < -0.3 is 64.2 Å². The van der Waals surface area contributed by atoms with E-state index in [-0.39, 0.29) is 26.1 Å². The Hall–Kier alpha value is -1.50. The maximum Gasteiger partial charge on any atom is 0.306 e. The van der Waals surface area contributed by atoms with Gasteiger partial charge in [0.25, 0.3) is 0 Å². The van der Waals surface area contributed by atoms with E-state index in [1.165, 1.54) is 122 Å². The van der Waals surface area contributed by atoms with E-state index in [1.807, 2.05) is 0 Å². The summed E-state index contributed by atoms with van der Waals surface area (Å²) in [6.07, 6.45) is 15.8. The predicted molar refractivity (Wildman–Crippen MR) is 238 cm³/mol. The van der Waals surface area contributed by atoms with Gasteiger partial charge in [0, 0.05) is 12.8 Å². The van der Waals surface area contributed by atoms with Gasteiger partial charge in [-0.05, 0) is 12.8 Å². The predicted octanol–water partition coefficient (Wildman–Crippen LogP) is 6.43. The van der Waals surface area contributed by atoms with Crippen molar-refractivity contribution in [1.82, 2.24) is 0 Å². The Morgan fingerprint density at radius 2 is 0.810 bits per heavy atom. The van der Waals surface area contributed by atoms with Crippen LogP contribution in [0, 0.1) is 0 Å². The van der Waals surface area contributed by atoms with Crippen molar-refractivity contribution in [2.45, 2.75) is 268 Å². The fourth-order valence-corrected chi connectivity index (χ4v) is 8.16. The fourth-order valence-electron chi connectivity index (χ4n) is 8.16. The SMILES string of the molecule is CCCCCCCCCCCCCCCCCCCCC(=O)OC[C@@H](CO[C@@H]1O[C@H](CO[C@@H]2O[C@H](CO)[C@H](O)C(O)C2O)[C@H](O)C(O)C1O)OC(=O)CCCCCCCCCCC. The standard InChI is InChI=1S/C48H90O15/c1-3-5-7-9-11-13-14-15-16-17-18-19-20-21-23-24-26-28-30-39(50)58-33-36(61-40(51)31-29-27-25-22-12-10-8-6-4-2)34-59-47-46(57)44(55)42(53)38(63-47)35-60-48-45(56)43(54)41(52)37(32-49)62-48/h36-38,41-49,52-57H,3-35H2,1-2H3/t36-,37+,38+,41-,42-,43?,44?,45?,46?,47+,48+/m0/s1. The number of aliphatic hydroxyl groups excluding tert-OH is 7. The second-order valence-corrected chi connectivity index (χ2v) is 18.0. The molecular weight excluding hydrogens is 817 g/mol. The van der Waals surface area contributed by atoms with Crippen LogP contribution in [0.3, 0.4) is 0 Å². The van der Waals surface area contributed by atoms with E-state index in [0.29, 0.717) is 12.8 Å². The summed E-state index contributed by atoms with van der Waals surface area (Å²) in [4.78, 5) is 25.6. The molecule has 0 spiro atoms. The van der Waals surface area contributed by atoms with E-state index in [9.17, 15) is 45.3 Å². The van der Waals surface area contributed by atoms with Crippen LogP contribution in [0.1, 0.15) is 200 Å². The molecule has 0 amide bonds. The Morgan fingerprint density at radius 1 is 0.444 bits per heavy atom. The van der Waals surface area contributed by atoms with Gasteiger partial charge in [-0.2, -0.15) is 0 Å². The zero-order valence-corrected chi connectivity index (χ0v) is 39.1. The van der Waals surface area contributed by atoms with Crippen LogP contribution in [-0.4, -0.2) is 142 Å². The molecule has 2 aliphatic heterocycles. The summed E-state index contributed by atoms with van der Waals surface area (Å²) in [5, 5.41) is 71.9. The number of ether oxygens (including phenoxy) is 6. The molecule has 11 atom stereocenters. The van der Waals surface area contributed by atoms with E-state index < -0.39 is 92.7 Å². The van der Waals surface area contributed by atoms with E-state index in [2.05, 4.69) is 13.8 Å². The minimum Gasteiger partial charge on any atom is -0.462 e. The molecule has 4 unspecified atom stereocenters. The second-order valence-electron chi connectivity index (χ2n) is 18.0. The van der Waals surface area contributed by atoms with E-state index in [4.69, 9.17) is 28.4 Å². The van der Waals surface area contributed by atoms with Crippen LogP contribution in [0.25, 0.3) is 0 Å². The Bertz CT molecular complexity index is 1110. The van der Waals surface area contributed by atoms with Crippen LogP contribution in [0.4, 0.5) is 0 Å². The average molecular weight is 907 g/mol. The quantitative estimate of drug-likeness (QED) is 0.0260. The summed E-state index contributed by atoms with van der Waals surface area (Å²) >= 11 is 0. The van der Waals surface area contributed by atoms with Crippen LogP contribution >= 0.6 is 0 Å². The van der Waals surface area contributed by atoms with Gasteiger partial charge in [0.2, 0.25) is 0 Å². The number of hydrogen-bond donors (Lipinski definition) is 7. The minimum absolute atomic E-state index is 0.171. The lowest BCUT2D eigenvalue weighted by Crippen LogP contribution is -2.61. The van der Waals surface area contributed by atoms with Crippen molar-refractivity contribution in [3.63, 3.8) is 0 Å². The molecule has 2 aliphatic rings. The van der Waals surface area contributed by atoms with Crippen molar-refractivity contribution in [3.05, 3.63) is 0 Å². The third-order valence-electron chi connectivity index (χ3n) is 12.3. The van der Waals surface area contributed by atoms with Crippen LogP contribution in [0.15, 0.2) is 0 Å². The highest BCUT2D eigenvalue weighted by molar-refractivity contribution is 5.70. The molecule has 2 saturated heterocycles. The van der Waals surface area contributed by atoms with Crippen molar-refractivity contribution in [2.75, 3.05) is 26.4 Å². The maximum absolute atomic E-state index is 12.9. The van der Waals surface area contributed by atoms with Crippen molar-refractivity contribution < 1.29 is 73.8 Å². The number of carbonyl (C=O) groups is 2. The van der Waals surface area contributed by atoms with Gasteiger partial charge in [0.1, 0.15) is 55.4 Å². The van der Waals surface area contributed by atoms with E-state index in [0.717, 1.165) is 38.5 Å². The number of aliphatic hydroxyl groups is 7. The zero-order chi connectivity index (χ0) is 46.1. The molecule has 0 bridgehead atoms. The third kappa shape index (κ3) is 25.3. The summed E-state index contributed by atoms with van der Waals surface area (Å²) < 4.78 is 33.5. The van der Waals surface area contributed by atoms with Gasteiger partial charge in [0.05, 0.1) is 19.8 Å². The van der Waals surface area contributed by atoms with Crippen LogP contribution in [0.5, 0.6) is 0 Å². The molecule has 63 heavy (non-hydrogen) atoms. The molecule has 0 aromatic carbocycles. The van der Waals surface area contributed by atoms with Gasteiger partial charge >= 0.3 is 11.9 Å². The molecule has 15 nitrogen and oxygen atoms in total. The maximum atomic E-state index is 12.9. The highest BCUT2D eigenvalue weighted by Gasteiger charge is 2.47. The molecule has 0 saturated carbocycles. The van der Waals surface area contributed by atoms with Crippen LogP contribution in [0.2, 0.25) is 0 Å². The average Bonchev–Trinajstić information content (AvgIpc) is 3.28. The highest BCUT2D eigenvalue weighted by Crippen LogP contribution is 2.26. The Morgan fingerprint density at radius 3 is 1.24 bits per heavy atom. The molecule has 15 heteroatoms. The first-order valence-electron chi connectivity index (χ1n) is 25.1. The summed E-state index contributed by atoms with van der Waals surface area (Å²) in [6, 6.07) is 0. The summed E-state index contributed by atoms with van der Waals surface area (Å²) in [5.74, 6) is -0.915. The third-order valence-corrected chi connectivity index (χ3v) is 12.3. The molecule has 0 radical (unpaired) electrons. The molecule has 2 rings (SSSR count). The largest absolute Gasteiger partial charge is 0.462 e. The first kappa shape index (κ1) is 57.6. The molecule has 0 aromatic heterocycles. The normalized spacial score (nSPS) is 26.7. The summed E-state index contributed by atoms with van der Waals surface area (Å²) in [5.41, 5.74) is 0. The Kier molecular flexibility index (Phi) is 33.5. The molecule has 0 aromatic rings. The van der Waals surface area contributed by atoms with Gasteiger partial charge in [-0.15, -0.1) is 0 Å². The Labute approximate surface area is 378 Å². The van der Waals surface area contributed by atoms with Gasteiger partial charge in [0.15, 0.2) is 18.7 Å². The molecule has 2 fully saturated rings. The molecule has 372 valence electrons. The molecular formula is C48H90O15. The molecule has 7 N–H and O–H groups in total. The first-order chi connectivity index (χ1) is 30.5. The fraction of sp³-hybridized carbons (Fsp3) is 0.958. The number of esters is 2. The van der Waals surface area contributed by atoms with Gasteiger partial charge in [-0.25, -0.2) is 0 Å².